The van der Waals surface area contributed by atoms with Crippen LogP contribution in [0.4, 0.5) is 5.95 Å². The van der Waals surface area contributed by atoms with E-state index >= 15 is 0 Å². The highest BCUT2D eigenvalue weighted by atomic mass is 16.3. The molecule has 0 atom stereocenters. The molecule has 25 heavy (non-hydrogen) atoms. The first-order chi connectivity index (χ1) is 12.0. The highest BCUT2D eigenvalue weighted by molar-refractivity contribution is 5.96. The third-order valence-corrected chi connectivity index (χ3v) is 4.16. The molecular weight excluding hydrogens is 324 g/mol. The van der Waals surface area contributed by atoms with Crippen molar-refractivity contribution in [2.75, 3.05) is 31.1 Å². The van der Waals surface area contributed by atoms with E-state index in [9.17, 15) is 19.8 Å². The van der Waals surface area contributed by atoms with E-state index in [-0.39, 0.29) is 11.5 Å². The van der Waals surface area contributed by atoms with Crippen LogP contribution in [-0.4, -0.2) is 57.2 Å². The Balaban J connectivity index is 1.79. The van der Waals surface area contributed by atoms with Crippen molar-refractivity contribution in [2.45, 2.75) is 6.92 Å². The average Bonchev–Trinajstić information content (AvgIpc) is 2.73. The van der Waals surface area contributed by atoms with Crippen molar-refractivity contribution in [3.8, 4) is 11.5 Å². The summed E-state index contributed by atoms with van der Waals surface area (Å²) in [5.41, 5.74) is -0.126. The molecule has 2 aromatic rings. The molecule has 1 amide bonds. The number of piperazine rings is 1. The van der Waals surface area contributed by atoms with E-state index in [1.165, 1.54) is 0 Å². The average molecular weight is 342 g/mol. The molecule has 1 saturated heterocycles. The number of aromatic hydroxyl groups is 2. The number of aromatic nitrogens is 2. The van der Waals surface area contributed by atoms with Crippen LogP contribution >= 0.6 is 0 Å². The lowest BCUT2D eigenvalue weighted by Crippen LogP contribution is -2.49. The van der Waals surface area contributed by atoms with Gasteiger partial charge in [-0.05, 0) is 30.7 Å². The molecule has 2 heterocycles. The maximum atomic E-state index is 12.8. The molecule has 1 aromatic heterocycles. The van der Waals surface area contributed by atoms with Crippen molar-refractivity contribution in [1.29, 1.82) is 0 Å². The maximum Gasteiger partial charge on any atom is 0.254 e. The van der Waals surface area contributed by atoms with Crippen LogP contribution < -0.4 is 10.3 Å². The number of carbonyl (C=O) groups is 1. The Morgan fingerprint density at radius 2 is 1.72 bits per heavy atom. The standard InChI is InChI=1S/C17H18N4O4/c1-11-9-13(22)15(24)14(23)10-12(11)16(25)20-5-7-21(8-6-20)17-18-3-2-4-19-17/h2-4,9-10H,5-8H2,1H3,(H2,22,23,24). The summed E-state index contributed by atoms with van der Waals surface area (Å²) in [7, 11) is 0. The summed E-state index contributed by atoms with van der Waals surface area (Å²) in [5.74, 6) is -1.03. The molecule has 2 N–H and O–H groups in total. The van der Waals surface area contributed by atoms with Gasteiger partial charge in [0, 0.05) is 44.1 Å². The summed E-state index contributed by atoms with van der Waals surface area (Å²) in [6.45, 7) is 3.69. The zero-order valence-electron chi connectivity index (χ0n) is 13.7. The minimum absolute atomic E-state index is 0.194. The third-order valence-electron chi connectivity index (χ3n) is 4.16. The van der Waals surface area contributed by atoms with Gasteiger partial charge in [-0.2, -0.15) is 0 Å². The van der Waals surface area contributed by atoms with E-state index in [2.05, 4.69) is 9.97 Å². The third kappa shape index (κ3) is 3.37. The predicted octanol–water partition coefficient (Wildman–Crippen LogP) is 0.519. The van der Waals surface area contributed by atoms with Crippen molar-refractivity contribution < 1.29 is 15.0 Å². The molecule has 1 aliphatic rings. The van der Waals surface area contributed by atoms with Gasteiger partial charge >= 0.3 is 0 Å². The van der Waals surface area contributed by atoms with E-state index in [0.29, 0.717) is 37.7 Å². The fourth-order valence-corrected chi connectivity index (χ4v) is 2.75. The van der Waals surface area contributed by atoms with Crippen LogP contribution in [0.2, 0.25) is 0 Å². The van der Waals surface area contributed by atoms with Crippen molar-refractivity contribution in [3.63, 3.8) is 0 Å². The predicted molar refractivity (Wildman–Crippen MR) is 90.9 cm³/mol. The van der Waals surface area contributed by atoms with Crippen LogP contribution in [0.5, 0.6) is 11.5 Å². The molecule has 0 spiro atoms. The minimum atomic E-state index is -0.756. The SMILES string of the molecule is Cc1cc(=O)c(O)c(O)cc1C(=O)N1CCN(c2ncccn2)CC1. The first-order valence-corrected chi connectivity index (χ1v) is 7.85. The largest absolute Gasteiger partial charge is 0.504 e. The molecule has 1 aromatic carbocycles. The van der Waals surface area contributed by atoms with Crippen LogP contribution in [0.15, 0.2) is 35.4 Å². The molecule has 130 valence electrons. The zero-order valence-corrected chi connectivity index (χ0v) is 13.7. The molecule has 0 radical (unpaired) electrons. The monoisotopic (exact) mass is 342 g/mol. The summed E-state index contributed by atoms with van der Waals surface area (Å²) >= 11 is 0. The smallest absolute Gasteiger partial charge is 0.254 e. The summed E-state index contributed by atoms with van der Waals surface area (Å²) in [6, 6.07) is 4.03. The lowest BCUT2D eigenvalue weighted by Gasteiger charge is -2.34. The van der Waals surface area contributed by atoms with Crippen LogP contribution in [-0.2, 0) is 0 Å². The Labute approximate surface area is 144 Å². The zero-order chi connectivity index (χ0) is 18.0. The number of aryl methyl sites for hydroxylation is 1. The van der Waals surface area contributed by atoms with Crippen molar-refractivity contribution >= 4 is 11.9 Å². The second-order valence-corrected chi connectivity index (χ2v) is 5.81. The van der Waals surface area contributed by atoms with Crippen LogP contribution in [0, 0.1) is 6.92 Å². The van der Waals surface area contributed by atoms with Crippen molar-refractivity contribution in [2.24, 2.45) is 0 Å². The molecule has 0 bridgehead atoms. The fourth-order valence-electron chi connectivity index (χ4n) is 2.75. The van der Waals surface area contributed by atoms with E-state index in [1.807, 2.05) is 4.90 Å². The fraction of sp³-hybridized carbons (Fsp3) is 0.294. The Morgan fingerprint density at radius 1 is 1.08 bits per heavy atom. The maximum absolute atomic E-state index is 12.8. The normalized spacial score (nSPS) is 14.4. The lowest BCUT2D eigenvalue weighted by atomic mass is 10.1. The second kappa shape index (κ2) is 6.76. The number of amides is 1. The van der Waals surface area contributed by atoms with Crippen LogP contribution in [0.1, 0.15) is 15.9 Å². The number of rotatable bonds is 2. The molecule has 0 saturated carbocycles. The molecule has 1 fully saturated rings. The quantitative estimate of drug-likeness (QED) is 0.819. The topological polar surface area (TPSA) is 107 Å². The van der Waals surface area contributed by atoms with E-state index in [4.69, 9.17) is 0 Å². The van der Waals surface area contributed by atoms with E-state index in [1.54, 1.807) is 30.3 Å². The van der Waals surface area contributed by atoms with Gasteiger partial charge in [0.05, 0.1) is 0 Å². The number of hydrogen-bond donors (Lipinski definition) is 2. The summed E-state index contributed by atoms with van der Waals surface area (Å²) in [5, 5.41) is 19.3. The summed E-state index contributed by atoms with van der Waals surface area (Å²) in [4.78, 5) is 36.4. The Morgan fingerprint density at radius 3 is 2.36 bits per heavy atom. The first-order valence-electron chi connectivity index (χ1n) is 7.85. The van der Waals surface area contributed by atoms with Gasteiger partial charge in [0.1, 0.15) is 0 Å². The van der Waals surface area contributed by atoms with Gasteiger partial charge < -0.3 is 20.0 Å². The van der Waals surface area contributed by atoms with E-state index in [0.717, 1.165) is 12.1 Å². The van der Waals surface area contributed by atoms with Gasteiger partial charge in [0.2, 0.25) is 17.1 Å². The Bertz CT molecular complexity index is 849. The number of nitrogens with zero attached hydrogens (tertiary/aromatic N) is 4. The first kappa shape index (κ1) is 16.7. The molecule has 8 heteroatoms. The van der Waals surface area contributed by atoms with Gasteiger partial charge in [0.25, 0.3) is 5.91 Å². The van der Waals surface area contributed by atoms with Crippen molar-refractivity contribution in [1.82, 2.24) is 14.9 Å². The van der Waals surface area contributed by atoms with E-state index < -0.39 is 16.9 Å². The Kier molecular flexibility index (Phi) is 4.51. The number of anilines is 1. The number of carbonyl (C=O) groups excluding carboxylic acids is 1. The van der Waals surface area contributed by atoms with Crippen LogP contribution in [0.3, 0.4) is 0 Å². The van der Waals surface area contributed by atoms with Gasteiger partial charge in [-0.1, -0.05) is 0 Å². The lowest BCUT2D eigenvalue weighted by molar-refractivity contribution is 0.0745. The summed E-state index contributed by atoms with van der Waals surface area (Å²) < 4.78 is 0. The van der Waals surface area contributed by atoms with Crippen LogP contribution in [0.25, 0.3) is 0 Å². The highest BCUT2D eigenvalue weighted by Crippen LogP contribution is 2.23. The molecular formula is C17H18N4O4. The molecule has 0 aliphatic carbocycles. The molecule has 3 rings (SSSR count). The second-order valence-electron chi connectivity index (χ2n) is 5.81. The van der Waals surface area contributed by atoms with Gasteiger partial charge in [-0.3, -0.25) is 9.59 Å². The molecule has 8 nitrogen and oxygen atoms in total. The number of hydrogen-bond acceptors (Lipinski definition) is 7. The van der Waals surface area contributed by atoms with Gasteiger partial charge in [-0.15, -0.1) is 0 Å². The van der Waals surface area contributed by atoms with Crippen molar-refractivity contribution in [3.05, 3.63) is 51.9 Å². The summed E-state index contributed by atoms with van der Waals surface area (Å²) in [6.07, 6.45) is 3.34. The highest BCUT2D eigenvalue weighted by Gasteiger charge is 2.25. The molecule has 0 unspecified atom stereocenters. The Hall–Kier alpha value is -3.16. The van der Waals surface area contributed by atoms with Gasteiger partial charge in [-0.25, -0.2) is 9.97 Å². The minimum Gasteiger partial charge on any atom is -0.504 e. The van der Waals surface area contributed by atoms with Gasteiger partial charge in [0.15, 0.2) is 5.75 Å². The molecule has 1 aliphatic heterocycles.